The third-order valence-corrected chi connectivity index (χ3v) is 6.43. The predicted molar refractivity (Wildman–Crippen MR) is 135 cm³/mol. The fourth-order valence-electron chi connectivity index (χ4n) is 4.50. The highest BCUT2D eigenvalue weighted by Crippen LogP contribution is 2.27. The summed E-state index contributed by atoms with van der Waals surface area (Å²) >= 11 is 0. The van der Waals surface area contributed by atoms with Gasteiger partial charge < -0.3 is 14.2 Å². The Morgan fingerprint density at radius 1 is 0.892 bits per heavy atom. The topological polar surface area (TPSA) is 110 Å². The molecule has 37 heavy (non-hydrogen) atoms. The Bertz CT molecular complexity index is 1540. The molecule has 1 aliphatic heterocycles. The Labute approximate surface area is 212 Å². The lowest BCUT2D eigenvalue weighted by Gasteiger charge is -2.34. The maximum atomic E-state index is 13.8. The van der Waals surface area contributed by atoms with Gasteiger partial charge in [-0.25, -0.2) is 14.6 Å². The molecular formula is C27H23N7O3. The highest BCUT2D eigenvalue weighted by Gasteiger charge is 2.28. The molecule has 5 heterocycles. The van der Waals surface area contributed by atoms with Crippen LogP contribution in [-0.4, -0.2) is 72.5 Å². The zero-order chi connectivity index (χ0) is 25.2. The largest absolute Gasteiger partial charge is 0.467 e. The van der Waals surface area contributed by atoms with Crippen molar-refractivity contribution in [3.05, 3.63) is 96.6 Å². The molecule has 1 saturated heterocycles. The molecule has 4 aromatic heterocycles. The van der Waals surface area contributed by atoms with Crippen molar-refractivity contribution in [2.75, 3.05) is 26.2 Å². The number of rotatable bonds is 5. The fraction of sp³-hybridized carbons (Fsp3) is 0.185. The van der Waals surface area contributed by atoms with E-state index in [1.165, 1.54) is 18.6 Å². The minimum absolute atomic E-state index is 0.117. The Hall–Kier alpha value is -4.86. The number of hydrogen-bond acceptors (Lipinski definition) is 7. The van der Waals surface area contributed by atoms with Crippen LogP contribution in [0.2, 0.25) is 0 Å². The van der Waals surface area contributed by atoms with Crippen molar-refractivity contribution in [2.45, 2.75) is 6.54 Å². The monoisotopic (exact) mass is 493 g/mol. The van der Waals surface area contributed by atoms with Gasteiger partial charge in [-0.2, -0.15) is 5.10 Å². The summed E-state index contributed by atoms with van der Waals surface area (Å²) in [6, 6.07) is 15.3. The van der Waals surface area contributed by atoms with Crippen molar-refractivity contribution in [2.24, 2.45) is 0 Å². The third kappa shape index (κ3) is 4.44. The van der Waals surface area contributed by atoms with Crippen molar-refractivity contribution in [3.63, 3.8) is 0 Å². The number of piperazine rings is 1. The first-order valence-corrected chi connectivity index (χ1v) is 12.0. The average molecular weight is 494 g/mol. The molecular weight excluding hydrogens is 470 g/mol. The molecule has 0 bridgehead atoms. The maximum absolute atomic E-state index is 13.8. The molecule has 0 N–H and O–H groups in total. The molecule has 2 amide bonds. The first kappa shape index (κ1) is 22.6. The summed E-state index contributed by atoms with van der Waals surface area (Å²) in [5.41, 5.74) is 3.04. The Kier molecular flexibility index (Phi) is 5.89. The summed E-state index contributed by atoms with van der Waals surface area (Å²) in [6.07, 6.45) is 7.79. The summed E-state index contributed by atoms with van der Waals surface area (Å²) in [5.74, 6) is 0.444. The van der Waals surface area contributed by atoms with E-state index < -0.39 is 0 Å². The van der Waals surface area contributed by atoms with Gasteiger partial charge in [-0.3, -0.25) is 14.6 Å². The quantitative estimate of drug-likeness (QED) is 0.370. The van der Waals surface area contributed by atoms with E-state index in [4.69, 9.17) is 9.40 Å². The van der Waals surface area contributed by atoms with Crippen molar-refractivity contribution < 1.29 is 14.0 Å². The molecule has 10 nitrogen and oxygen atoms in total. The molecule has 0 radical (unpaired) electrons. The number of aromatic nitrogens is 5. The lowest BCUT2D eigenvalue weighted by Crippen LogP contribution is -2.50. The zero-order valence-electron chi connectivity index (χ0n) is 19.9. The van der Waals surface area contributed by atoms with Gasteiger partial charge in [0.05, 0.1) is 35.3 Å². The minimum atomic E-state index is -0.183. The van der Waals surface area contributed by atoms with Crippen LogP contribution >= 0.6 is 0 Å². The molecule has 1 fully saturated rings. The molecule has 6 rings (SSSR count). The molecule has 0 unspecified atom stereocenters. The molecule has 184 valence electrons. The van der Waals surface area contributed by atoms with Crippen LogP contribution in [0, 0.1) is 0 Å². The number of carbonyl (C=O) groups is 2. The van der Waals surface area contributed by atoms with Crippen LogP contribution in [0.25, 0.3) is 22.3 Å². The van der Waals surface area contributed by atoms with Crippen LogP contribution in [0.5, 0.6) is 0 Å². The van der Waals surface area contributed by atoms with E-state index in [0.29, 0.717) is 60.7 Å². The van der Waals surface area contributed by atoms with E-state index in [-0.39, 0.29) is 11.8 Å². The molecule has 5 aromatic rings. The van der Waals surface area contributed by atoms with Gasteiger partial charge in [-0.15, -0.1) is 0 Å². The summed E-state index contributed by atoms with van der Waals surface area (Å²) in [5, 5.41) is 5.19. The van der Waals surface area contributed by atoms with Gasteiger partial charge in [0, 0.05) is 44.1 Å². The van der Waals surface area contributed by atoms with E-state index in [1.807, 2.05) is 48.5 Å². The van der Waals surface area contributed by atoms with Crippen LogP contribution in [-0.2, 0) is 6.54 Å². The molecule has 0 aliphatic carbocycles. The highest BCUT2D eigenvalue weighted by atomic mass is 16.3. The number of furan rings is 1. The summed E-state index contributed by atoms with van der Waals surface area (Å²) < 4.78 is 7.25. The highest BCUT2D eigenvalue weighted by molar-refractivity contribution is 6.06. The lowest BCUT2D eigenvalue weighted by molar-refractivity contribution is 0.0533. The van der Waals surface area contributed by atoms with Gasteiger partial charge in [0.25, 0.3) is 11.8 Å². The summed E-state index contributed by atoms with van der Waals surface area (Å²) in [7, 11) is 0. The standard InChI is InChI=1S/C27H23N7O3/c35-26(32-10-12-33(13-11-32)27(36)24-17-28-8-9-29-24)21-15-23(19-5-2-1-3-6-19)31-25-22(21)16-30-34(25)18-20-7-4-14-37-20/h1-9,14-17H,10-13,18H2. The van der Waals surface area contributed by atoms with Gasteiger partial charge in [0.15, 0.2) is 5.65 Å². The Morgan fingerprint density at radius 3 is 2.38 bits per heavy atom. The SMILES string of the molecule is O=C(c1cnccn1)N1CCN(C(=O)c2cc(-c3ccccc3)nc3c2cnn3Cc2ccco2)CC1. The number of pyridine rings is 1. The van der Waals surface area contributed by atoms with Crippen molar-refractivity contribution in [1.82, 2.24) is 34.5 Å². The van der Waals surface area contributed by atoms with Crippen LogP contribution in [0.15, 0.2) is 84.0 Å². The molecule has 0 saturated carbocycles. The van der Waals surface area contributed by atoms with Crippen molar-refractivity contribution >= 4 is 22.8 Å². The number of hydrogen-bond donors (Lipinski definition) is 0. The second-order valence-electron chi connectivity index (χ2n) is 8.72. The van der Waals surface area contributed by atoms with Crippen LogP contribution < -0.4 is 0 Å². The first-order valence-electron chi connectivity index (χ1n) is 12.0. The van der Waals surface area contributed by atoms with Crippen molar-refractivity contribution in [3.8, 4) is 11.3 Å². The fourth-order valence-corrected chi connectivity index (χ4v) is 4.50. The van der Waals surface area contributed by atoms with E-state index >= 15 is 0 Å². The second-order valence-corrected chi connectivity index (χ2v) is 8.72. The Balaban J connectivity index is 1.30. The van der Waals surface area contributed by atoms with E-state index in [2.05, 4.69) is 15.1 Å². The number of carbonyl (C=O) groups excluding carboxylic acids is 2. The lowest BCUT2D eigenvalue weighted by atomic mass is 10.1. The van der Waals surface area contributed by atoms with E-state index in [9.17, 15) is 9.59 Å². The van der Waals surface area contributed by atoms with Crippen LogP contribution in [0.1, 0.15) is 26.6 Å². The van der Waals surface area contributed by atoms with E-state index in [1.54, 1.807) is 26.9 Å². The van der Waals surface area contributed by atoms with E-state index in [0.717, 1.165) is 11.3 Å². The minimum Gasteiger partial charge on any atom is -0.467 e. The third-order valence-electron chi connectivity index (χ3n) is 6.43. The normalized spacial score (nSPS) is 13.7. The summed E-state index contributed by atoms with van der Waals surface area (Å²) in [6.45, 7) is 2.06. The average Bonchev–Trinajstić information content (AvgIpc) is 3.63. The Morgan fingerprint density at radius 2 is 1.68 bits per heavy atom. The predicted octanol–water partition coefficient (Wildman–Crippen LogP) is 3.13. The van der Waals surface area contributed by atoms with Crippen LogP contribution in [0.3, 0.4) is 0 Å². The second kappa shape index (κ2) is 9.65. The first-order chi connectivity index (χ1) is 18.2. The molecule has 0 spiro atoms. The van der Waals surface area contributed by atoms with Gasteiger partial charge in [0.2, 0.25) is 0 Å². The molecule has 10 heteroatoms. The molecule has 1 aliphatic rings. The van der Waals surface area contributed by atoms with Gasteiger partial charge >= 0.3 is 0 Å². The molecule has 0 atom stereocenters. The smallest absolute Gasteiger partial charge is 0.274 e. The van der Waals surface area contributed by atoms with Crippen LogP contribution in [0.4, 0.5) is 0 Å². The van der Waals surface area contributed by atoms with Gasteiger partial charge in [0.1, 0.15) is 18.0 Å². The van der Waals surface area contributed by atoms with Gasteiger partial charge in [-0.1, -0.05) is 30.3 Å². The molecule has 1 aromatic carbocycles. The number of benzene rings is 1. The number of nitrogens with zero attached hydrogens (tertiary/aromatic N) is 7. The summed E-state index contributed by atoms with van der Waals surface area (Å²) in [4.78, 5) is 43.0. The number of amides is 2. The maximum Gasteiger partial charge on any atom is 0.274 e. The number of fused-ring (bicyclic) bond motifs is 1. The van der Waals surface area contributed by atoms with Gasteiger partial charge in [-0.05, 0) is 18.2 Å². The van der Waals surface area contributed by atoms with Crippen molar-refractivity contribution in [1.29, 1.82) is 0 Å². The zero-order valence-corrected chi connectivity index (χ0v) is 19.9.